The second kappa shape index (κ2) is 5.53. The first-order valence-corrected chi connectivity index (χ1v) is 8.09. The third kappa shape index (κ3) is 3.29. The number of hydrogen-bond donors (Lipinski definition) is 1. The normalized spacial score (nSPS) is 11.3. The summed E-state index contributed by atoms with van der Waals surface area (Å²) in [5, 5.41) is 0.404. The highest BCUT2D eigenvalue weighted by molar-refractivity contribution is 9.10. The molecule has 0 aromatic heterocycles. The van der Waals surface area contributed by atoms with Crippen LogP contribution in [0.5, 0.6) is 0 Å². The third-order valence-electron chi connectivity index (χ3n) is 2.54. The Kier molecular flexibility index (Phi) is 4.18. The zero-order chi connectivity index (χ0) is 14.0. The van der Waals surface area contributed by atoms with E-state index in [9.17, 15) is 8.42 Å². The van der Waals surface area contributed by atoms with Gasteiger partial charge >= 0.3 is 0 Å². The predicted octanol–water partition coefficient (Wildman–Crippen LogP) is 4.21. The highest BCUT2D eigenvalue weighted by Crippen LogP contribution is 2.27. The quantitative estimate of drug-likeness (QED) is 0.891. The van der Waals surface area contributed by atoms with Crippen molar-refractivity contribution in [2.45, 2.75) is 11.8 Å². The molecule has 6 heteroatoms. The molecule has 0 atom stereocenters. The zero-order valence-electron chi connectivity index (χ0n) is 10.0. The fraction of sp³-hybridized carbons (Fsp3) is 0.0769. The van der Waals surface area contributed by atoms with Crippen molar-refractivity contribution in [3.8, 4) is 0 Å². The molecular formula is C13H11BrClNO2S. The van der Waals surface area contributed by atoms with E-state index < -0.39 is 10.0 Å². The first-order valence-electron chi connectivity index (χ1n) is 5.43. The maximum atomic E-state index is 12.2. The van der Waals surface area contributed by atoms with Crippen LogP contribution in [0.2, 0.25) is 5.02 Å². The summed E-state index contributed by atoms with van der Waals surface area (Å²) in [6, 6.07) is 11.7. The van der Waals surface area contributed by atoms with Crippen LogP contribution in [0.3, 0.4) is 0 Å². The number of aryl methyl sites for hydroxylation is 1. The van der Waals surface area contributed by atoms with Crippen molar-refractivity contribution in [3.63, 3.8) is 0 Å². The van der Waals surface area contributed by atoms with E-state index in [1.54, 1.807) is 24.3 Å². The van der Waals surface area contributed by atoms with Crippen LogP contribution < -0.4 is 4.72 Å². The second-order valence-corrected chi connectivity index (χ2v) is 6.98. The molecule has 0 bridgehead atoms. The van der Waals surface area contributed by atoms with Crippen LogP contribution in [0.25, 0.3) is 0 Å². The van der Waals surface area contributed by atoms with Crippen molar-refractivity contribution in [1.29, 1.82) is 0 Å². The van der Waals surface area contributed by atoms with Gasteiger partial charge in [0.15, 0.2) is 0 Å². The summed E-state index contributed by atoms with van der Waals surface area (Å²) >= 11 is 9.33. The first kappa shape index (κ1) is 14.4. The Balaban J connectivity index is 2.39. The number of sulfonamides is 1. The standard InChI is InChI=1S/C13H11BrClNO2S/c1-9-4-2-7-12(13(9)15)16-19(17,18)11-6-3-5-10(14)8-11/h2-8,16H,1H3. The van der Waals surface area contributed by atoms with Gasteiger partial charge < -0.3 is 0 Å². The monoisotopic (exact) mass is 359 g/mol. The number of halogens is 2. The number of anilines is 1. The van der Waals surface area contributed by atoms with Crippen molar-refractivity contribution < 1.29 is 8.42 Å². The molecule has 1 N–H and O–H groups in total. The van der Waals surface area contributed by atoms with Gasteiger partial charge in [-0.25, -0.2) is 8.42 Å². The van der Waals surface area contributed by atoms with Gasteiger partial charge in [0.1, 0.15) is 0 Å². The molecule has 2 aromatic carbocycles. The van der Waals surface area contributed by atoms with Crippen LogP contribution in [0.1, 0.15) is 5.56 Å². The predicted molar refractivity (Wildman–Crippen MR) is 81.1 cm³/mol. The van der Waals surface area contributed by atoms with Gasteiger partial charge in [-0.2, -0.15) is 0 Å². The molecule has 2 rings (SSSR count). The van der Waals surface area contributed by atoms with E-state index in [1.807, 2.05) is 13.0 Å². The van der Waals surface area contributed by atoms with Crippen molar-refractivity contribution in [2.24, 2.45) is 0 Å². The van der Waals surface area contributed by atoms with E-state index in [0.29, 0.717) is 15.2 Å². The lowest BCUT2D eigenvalue weighted by molar-refractivity contribution is 0.601. The van der Waals surface area contributed by atoms with Gasteiger partial charge in [0.2, 0.25) is 0 Å². The van der Waals surface area contributed by atoms with Gasteiger partial charge in [-0.15, -0.1) is 0 Å². The van der Waals surface area contributed by atoms with E-state index >= 15 is 0 Å². The Morgan fingerprint density at radius 1 is 1.16 bits per heavy atom. The van der Waals surface area contributed by atoms with Crippen LogP contribution >= 0.6 is 27.5 Å². The molecule has 100 valence electrons. The topological polar surface area (TPSA) is 46.2 Å². The zero-order valence-corrected chi connectivity index (χ0v) is 13.2. The van der Waals surface area contributed by atoms with Gasteiger partial charge in [0, 0.05) is 4.47 Å². The third-order valence-corrected chi connectivity index (χ3v) is 4.90. The number of benzene rings is 2. The average molecular weight is 361 g/mol. The van der Waals surface area contributed by atoms with Crippen LogP contribution in [-0.2, 0) is 10.0 Å². The number of nitrogens with one attached hydrogen (secondary N) is 1. The van der Waals surface area contributed by atoms with Gasteiger partial charge in [0.05, 0.1) is 15.6 Å². The average Bonchev–Trinajstić information content (AvgIpc) is 2.35. The molecule has 0 saturated heterocycles. The highest BCUT2D eigenvalue weighted by Gasteiger charge is 2.16. The number of hydrogen-bond acceptors (Lipinski definition) is 2. The second-order valence-electron chi connectivity index (χ2n) is 4.00. The van der Waals surface area contributed by atoms with E-state index in [4.69, 9.17) is 11.6 Å². The summed E-state index contributed by atoms with van der Waals surface area (Å²) < 4.78 is 27.6. The smallest absolute Gasteiger partial charge is 0.261 e. The molecule has 0 aliphatic carbocycles. The molecular weight excluding hydrogens is 350 g/mol. The summed E-state index contributed by atoms with van der Waals surface area (Å²) in [5.41, 5.74) is 1.19. The SMILES string of the molecule is Cc1cccc(NS(=O)(=O)c2cccc(Br)c2)c1Cl. The largest absolute Gasteiger partial charge is 0.278 e. The van der Waals surface area contributed by atoms with Gasteiger partial charge in [-0.3, -0.25) is 4.72 Å². The highest BCUT2D eigenvalue weighted by atomic mass is 79.9. The molecule has 0 radical (unpaired) electrons. The molecule has 0 fully saturated rings. The Bertz CT molecular complexity index is 716. The maximum absolute atomic E-state index is 12.2. The lowest BCUT2D eigenvalue weighted by Gasteiger charge is -2.11. The van der Waals surface area contributed by atoms with Crippen molar-refractivity contribution >= 4 is 43.2 Å². The minimum Gasteiger partial charge on any atom is -0.278 e. The van der Waals surface area contributed by atoms with Crippen molar-refractivity contribution in [3.05, 3.63) is 57.5 Å². The lowest BCUT2D eigenvalue weighted by atomic mass is 10.2. The molecule has 2 aromatic rings. The van der Waals surface area contributed by atoms with Gasteiger partial charge in [-0.1, -0.05) is 45.7 Å². The van der Waals surface area contributed by atoms with E-state index in [2.05, 4.69) is 20.7 Å². The van der Waals surface area contributed by atoms with E-state index in [1.165, 1.54) is 12.1 Å². The molecule has 0 aliphatic rings. The maximum Gasteiger partial charge on any atom is 0.261 e. The van der Waals surface area contributed by atoms with E-state index in [-0.39, 0.29) is 4.90 Å². The van der Waals surface area contributed by atoms with Crippen LogP contribution in [0.15, 0.2) is 51.8 Å². The van der Waals surface area contributed by atoms with Crippen LogP contribution in [0, 0.1) is 6.92 Å². The summed E-state index contributed by atoms with van der Waals surface area (Å²) in [6.45, 7) is 1.82. The summed E-state index contributed by atoms with van der Waals surface area (Å²) in [7, 11) is -3.64. The minimum atomic E-state index is -3.64. The van der Waals surface area contributed by atoms with Crippen molar-refractivity contribution in [2.75, 3.05) is 4.72 Å². The summed E-state index contributed by atoms with van der Waals surface area (Å²) in [5.74, 6) is 0. The number of rotatable bonds is 3. The summed E-state index contributed by atoms with van der Waals surface area (Å²) in [4.78, 5) is 0.180. The summed E-state index contributed by atoms with van der Waals surface area (Å²) in [6.07, 6.45) is 0. The molecule has 0 amide bonds. The Morgan fingerprint density at radius 3 is 2.53 bits per heavy atom. The molecule has 0 heterocycles. The molecule has 3 nitrogen and oxygen atoms in total. The van der Waals surface area contributed by atoms with Gasteiger partial charge in [0.25, 0.3) is 10.0 Å². The Morgan fingerprint density at radius 2 is 1.84 bits per heavy atom. The Hall–Kier alpha value is -1.04. The fourth-order valence-corrected chi connectivity index (χ4v) is 3.46. The van der Waals surface area contributed by atoms with Crippen molar-refractivity contribution in [1.82, 2.24) is 0 Å². The fourth-order valence-electron chi connectivity index (χ4n) is 1.56. The lowest BCUT2D eigenvalue weighted by Crippen LogP contribution is -2.13. The molecule has 0 unspecified atom stereocenters. The first-order chi connectivity index (χ1) is 8.90. The molecule has 0 aliphatic heterocycles. The molecule has 19 heavy (non-hydrogen) atoms. The van der Waals surface area contributed by atoms with Gasteiger partial charge in [-0.05, 0) is 36.8 Å². The minimum absolute atomic E-state index is 0.180. The Labute approximate surface area is 125 Å². The molecule has 0 spiro atoms. The van der Waals surface area contributed by atoms with Crippen LogP contribution in [0.4, 0.5) is 5.69 Å². The van der Waals surface area contributed by atoms with E-state index in [0.717, 1.165) is 5.56 Å². The molecule has 0 saturated carbocycles. The van der Waals surface area contributed by atoms with Crippen LogP contribution in [-0.4, -0.2) is 8.42 Å².